The molecule has 6 rings (SSSR count). The van der Waals surface area contributed by atoms with Crippen molar-refractivity contribution in [2.45, 2.75) is 38.4 Å². The van der Waals surface area contributed by atoms with Crippen molar-refractivity contribution in [1.82, 2.24) is 34.8 Å². The van der Waals surface area contributed by atoms with Gasteiger partial charge in [-0.1, -0.05) is 6.07 Å². The number of rotatable bonds is 13. The molecule has 1 saturated heterocycles. The number of carbonyl (C=O) groups excluding carboxylic acids is 5. The van der Waals surface area contributed by atoms with Crippen LogP contribution in [0, 0.1) is 0 Å². The molecule has 3 aliphatic heterocycles. The summed E-state index contributed by atoms with van der Waals surface area (Å²) in [7, 11) is 10.8. The normalized spacial score (nSPS) is 16.7. The van der Waals surface area contributed by atoms with E-state index in [4.69, 9.17) is 9.47 Å². The highest BCUT2D eigenvalue weighted by molar-refractivity contribution is 6.25. The Bertz CT molecular complexity index is 2070. The second-order valence-corrected chi connectivity index (χ2v) is 14.3. The lowest BCUT2D eigenvalue weighted by molar-refractivity contribution is -0.136. The summed E-state index contributed by atoms with van der Waals surface area (Å²) in [6, 6.07) is 7.58. The summed E-state index contributed by atoms with van der Waals surface area (Å²) >= 11 is 0. The quantitative estimate of drug-likeness (QED) is 0.217. The molecule has 1 atom stereocenters. The van der Waals surface area contributed by atoms with Gasteiger partial charge in [-0.2, -0.15) is 0 Å². The molecule has 55 heavy (non-hydrogen) atoms. The molecule has 16 heteroatoms. The first-order valence-electron chi connectivity index (χ1n) is 18.2. The van der Waals surface area contributed by atoms with Gasteiger partial charge in [0.25, 0.3) is 17.4 Å². The number of methoxy groups -OCH3 is 2. The van der Waals surface area contributed by atoms with E-state index < -0.39 is 29.7 Å². The molecule has 0 spiro atoms. The lowest BCUT2D eigenvalue weighted by atomic mass is 9.91. The van der Waals surface area contributed by atoms with Crippen molar-refractivity contribution in [3.05, 3.63) is 74.7 Å². The predicted octanol–water partition coefficient (Wildman–Crippen LogP) is 1.64. The minimum atomic E-state index is -1.04. The highest BCUT2D eigenvalue weighted by atomic mass is 16.5. The number of ether oxygens (including phenoxy) is 2. The van der Waals surface area contributed by atoms with Crippen LogP contribution in [0.5, 0.6) is 11.5 Å². The van der Waals surface area contributed by atoms with E-state index >= 15 is 0 Å². The number of aryl methyl sites for hydroxylation is 1. The Kier molecular flexibility index (Phi) is 11.6. The van der Waals surface area contributed by atoms with E-state index in [0.717, 1.165) is 27.2 Å². The molecular formula is C39H48N8O8. The van der Waals surface area contributed by atoms with E-state index in [0.29, 0.717) is 68.4 Å². The molecule has 3 N–H and O–H groups in total. The number of piperidine rings is 1. The van der Waals surface area contributed by atoms with Gasteiger partial charge in [0.2, 0.25) is 11.8 Å². The second kappa shape index (κ2) is 16.3. The molecule has 1 fully saturated rings. The number of carbonyl (C=O) groups is 5. The topological polar surface area (TPSA) is 175 Å². The second-order valence-electron chi connectivity index (χ2n) is 14.3. The largest absolute Gasteiger partial charge is 0.496 e. The number of anilines is 1. The van der Waals surface area contributed by atoms with Gasteiger partial charge in [-0.05, 0) is 69.4 Å². The number of amides is 6. The highest BCUT2D eigenvalue weighted by Crippen LogP contribution is 2.38. The van der Waals surface area contributed by atoms with Crippen molar-refractivity contribution in [1.29, 1.82) is 0 Å². The molecule has 0 bridgehead atoms. The van der Waals surface area contributed by atoms with Crippen LogP contribution in [-0.2, 0) is 36.1 Å². The molecule has 1 aromatic heterocycles. The Morgan fingerprint density at radius 3 is 2.31 bits per heavy atom. The first-order chi connectivity index (χ1) is 26.3. The first kappa shape index (κ1) is 39.0. The van der Waals surface area contributed by atoms with Crippen molar-refractivity contribution in [2.75, 3.05) is 73.4 Å². The third-order valence-corrected chi connectivity index (χ3v) is 10.3. The molecular weight excluding hydrogens is 708 g/mol. The Morgan fingerprint density at radius 1 is 0.927 bits per heavy atom. The van der Waals surface area contributed by atoms with Crippen LogP contribution in [0.4, 0.5) is 10.5 Å². The molecule has 0 aliphatic carbocycles. The smallest absolute Gasteiger partial charge is 0.317 e. The SMILES string of the molecule is COc1cc(-c2cn(C)c(=O)c3c2CCN(C(=O)NCCN(C)CCNc2cccc4c2C(=O)N(C2CCC(=O)NC2=O)C4=O)C3)cc(OC)c1CN(C)C. The van der Waals surface area contributed by atoms with Gasteiger partial charge in [0, 0.05) is 75.7 Å². The number of nitrogens with zero attached hydrogens (tertiary/aromatic N) is 5. The molecule has 0 saturated carbocycles. The highest BCUT2D eigenvalue weighted by Gasteiger charge is 2.45. The van der Waals surface area contributed by atoms with Crippen LogP contribution in [0.1, 0.15) is 50.2 Å². The summed E-state index contributed by atoms with van der Waals surface area (Å²) in [6.45, 7) is 3.14. The summed E-state index contributed by atoms with van der Waals surface area (Å²) in [6.07, 6.45) is 2.48. The van der Waals surface area contributed by atoms with E-state index in [2.05, 4.69) is 16.0 Å². The maximum atomic E-state index is 13.4. The van der Waals surface area contributed by atoms with Crippen molar-refractivity contribution in [3.63, 3.8) is 0 Å². The maximum Gasteiger partial charge on any atom is 0.317 e. The summed E-state index contributed by atoms with van der Waals surface area (Å²) in [5.74, 6) is -0.830. The maximum absolute atomic E-state index is 13.4. The summed E-state index contributed by atoms with van der Waals surface area (Å²) in [4.78, 5) is 83.9. The zero-order valence-electron chi connectivity index (χ0n) is 32.1. The zero-order chi connectivity index (χ0) is 39.6. The Morgan fingerprint density at radius 2 is 1.64 bits per heavy atom. The van der Waals surface area contributed by atoms with E-state index in [-0.39, 0.29) is 42.1 Å². The fourth-order valence-electron chi connectivity index (χ4n) is 7.45. The molecule has 1 unspecified atom stereocenters. The van der Waals surface area contributed by atoms with Gasteiger partial charge in [0.15, 0.2) is 0 Å². The van der Waals surface area contributed by atoms with Crippen LogP contribution in [0.3, 0.4) is 0 Å². The van der Waals surface area contributed by atoms with E-state index in [1.54, 1.807) is 48.9 Å². The number of likely N-dealkylation sites (N-methyl/N-ethyl adjacent to an activating group) is 1. The predicted molar refractivity (Wildman–Crippen MR) is 204 cm³/mol. The van der Waals surface area contributed by atoms with Crippen LogP contribution in [0.2, 0.25) is 0 Å². The van der Waals surface area contributed by atoms with Gasteiger partial charge in [-0.25, -0.2) is 4.79 Å². The molecule has 2 aromatic carbocycles. The fraction of sp³-hybridized carbons (Fsp3) is 0.436. The minimum absolute atomic E-state index is 0.0499. The summed E-state index contributed by atoms with van der Waals surface area (Å²) < 4.78 is 13.1. The Balaban J connectivity index is 1.04. The minimum Gasteiger partial charge on any atom is -0.496 e. The van der Waals surface area contributed by atoms with E-state index in [1.165, 1.54) is 0 Å². The van der Waals surface area contributed by atoms with Gasteiger partial charge >= 0.3 is 6.03 Å². The number of nitrogens with one attached hydrogen (secondary N) is 3. The number of fused-ring (bicyclic) bond motifs is 2. The lowest BCUT2D eigenvalue weighted by Crippen LogP contribution is -2.54. The van der Waals surface area contributed by atoms with Gasteiger partial charge in [0.05, 0.1) is 37.5 Å². The number of hydrogen-bond donors (Lipinski definition) is 3. The number of urea groups is 1. The molecule has 16 nitrogen and oxygen atoms in total. The molecule has 4 heterocycles. The average molecular weight is 757 g/mol. The lowest BCUT2D eigenvalue weighted by Gasteiger charge is -2.30. The van der Waals surface area contributed by atoms with Gasteiger partial charge in [-0.3, -0.25) is 34.2 Å². The molecule has 3 aromatic rings. The van der Waals surface area contributed by atoms with Crippen LogP contribution in [0.25, 0.3) is 11.1 Å². The van der Waals surface area contributed by atoms with Crippen molar-refractivity contribution in [2.24, 2.45) is 7.05 Å². The van der Waals surface area contributed by atoms with Crippen LogP contribution in [-0.4, -0.2) is 128 Å². The Hall–Kier alpha value is -5.74. The number of benzene rings is 2. The number of hydrogen-bond acceptors (Lipinski definition) is 11. The van der Waals surface area contributed by atoms with Gasteiger partial charge in [-0.15, -0.1) is 0 Å². The van der Waals surface area contributed by atoms with Crippen molar-refractivity contribution in [3.8, 4) is 22.6 Å². The monoisotopic (exact) mass is 756 g/mol. The summed E-state index contributed by atoms with van der Waals surface area (Å²) in [5.41, 5.74) is 4.91. The third kappa shape index (κ3) is 7.91. The third-order valence-electron chi connectivity index (χ3n) is 10.3. The first-order valence-corrected chi connectivity index (χ1v) is 18.2. The van der Waals surface area contributed by atoms with Crippen LogP contribution in [0.15, 0.2) is 41.3 Å². The number of pyridine rings is 1. The molecule has 292 valence electrons. The Labute approximate surface area is 319 Å². The molecule has 3 aliphatic rings. The average Bonchev–Trinajstić information content (AvgIpc) is 3.41. The standard InChI is InChI=1S/C39H48N8O8/c1-43(2)20-28-31(54-5)18-23(19-32(28)55-6)26-21-45(4)36(50)27-22-46(15-12-24(26)27)39(53)41-14-17-44(3)16-13-40-29-9-7-8-25-34(29)38(52)47(37(25)51)30-10-11-33(48)42-35(30)49/h7-9,18-19,21,30,40H,10-17,20,22H2,1-6H3,(H,41,53)(H,42,48,49). The van der Waals surface area contributed by atoms with Crippen LogP contribution >= 0.6 is 0 Å². The molecule has 0 radical (unpaired) electrons. The van der Waals surface area contributed by atoms with Crippen molar-refractivity contribution >= 4 is 35.3 Å². The van der Waals surface area contributed by atoms with Crippen molar-refractivity contribution < 1.29 is 33.4 Å². The van der Waals surface area contributed by atoms with Crippen LogP contribution < -0.4 is 31.0 Å². The van der Waals surface area contributed by atoms with Gasteiger partial charge in [0.1, 0.15) is 17.5 Å². The van der Waals surface area contributed by atoms with E-state index in [9.17, 15) is 28.8 Å². The number of aromatic nitrogens is 1. The van der Waals surface area contributed by atoms with Gasteiger partial charge < -0.3 is 39.4 Å². The van der Waals surface area contributed by atoms with E-state index in [1.807, 2.05) is 49.3 Å². The summed E-state index contributed by atoms with van der Waals surface area (Å²) in [5, 5.41) is 8.43. The molecule has 6 amide bonds. The zero-order valence-corrected chi connectivity index (χ0v) is 32.1. The fourth-order valence-corrected chi connectivity index (χ4v) is 7.45. The number of imide groups is 2.